The van der Waals surface area contributed by atoms with Crippen LogP contribution in [0.2, 0.25) is 0 Å². The predicted octanol–water partition coefficient (Wildman–Crippen LogP) is 7.74. The molecule has 41 heavy (non-hydrogen) atoms. The van der Waals surface area contributed by atoms with Crippen LogP contribution >= 0.6 is 0 Å². The summed E-state index contributed by atoms with van der Waals surface area (Å²) >= 11 is 0. The smallest absolute Gasteiger partial charge is 0.344 e. The van der Waals surface area contributed by atoms with Crippen molar-refractivity contribution in [3.8, 4) is 11.5 Å². The average Bonchev–Trinajstić information content (AvgIpc) is 2.99. The van der Waals surface area contributed by atoms with Crippen molar-refractivity contribution in [3.05, 3.63) is 125 Å². The van der Waals surface area contributed by atoms with Crippen LogP contribution in [0.3, 0.4) is 0 Å². The summed E-state index contributed by atoms with van der Waals surface area (Å²) in [6.45, 7) is 3.79. The summed E-state index contributed by atoms with van der Waals surface area (Å²) < 4.78 is 17.0. The van der Waals surface area contributed by atoms with E-state index in [9.17, 15) is 9.59 Å². The fourth-order valence-corrected chi connectivity index (χ4v) is 5.13. The van der Waals surface area contributed by atoms with Crippen LogP contribution in [0, 0.1) is 13.8 Å². The van der Waals surface area contributed by atoms with E-state index in [1.807, 2.05) is 92.7 Å². The van der Waals surface area contributed by atoms with Crippen LogP contribution in [0.1, 0.15) is 37.4 Å². The molecule has 6 rings (SSSR count). The van der Waals surface area contributed by atoms with Gasteiger partial charge in [0.2, 0.25) is 0 Å². The molecule has 0 saturated heterocycles. The number of ether oxygens (including phenoxy) is 3. The molecule has 0 unspecified atom stereocenters. The lowest BCUT2D eigenvalue weighted by Crippen LogP contribution is -2.13. The topological polar surface area (TPSA) is 74.7 Å². The minimum Gasteiger partial charge on any atom is -0.497 e. The second-order valence-corrected chi connectivity index (χ2v) is 9.98. The van der Waals surface area contributed by atoms with Crippen molar-refractivity contribution in [1.29, 1.82) is 0 Å². The van der Waals surface area contributed by atoms with E-state index in [0.717, 1.165) is 16.3 Å². The fraction of sp³-hybridized carbons (Fsp3) is 0.114. The number of esters is 2. The summed E-state index contributed by atoms with van der Waals surface area (Å²) in [6.07, 6.45) is 0. The van der Waals surface area contributed by atoms with Crippen molar-refractivity contribution >= 4 is 44.5 Å². The van der Waals surface area contributed by atoms with Gasteiger partial charge in [-0.2, -0.15) is 0 Å². The zero-order valence-corrected chi connectivity index (χ0v) is 22.9. The Kier molecular flexibility index (Phi) is 6.81. The number of carbonyl (C=O) groups excluding carboxylic acids is 2. The summed E-state index contributed by atoms with van der Waals surface area (Å²) in [5, 5.41) is 3.34. The molecule has 0 atom stereocenters. The van der Waals surface area contributed by atoms with Gasteiger partial charge in [0.25, 0.3) is 0 Å². The van der Waals surface area contributed by atoms with Crippen LogP contribution < -0.4 is 9.47 Å². The predicted molar refractivity (Wildman–Crippen MR) is 160 cm³/mol. The van der Waals surface area contributed by atoms with Gasteiger partial charge in [-0.05, 0) is 83.8 Å². The third-order valence-corrected chi connectivity index (χ3v) is 7.15. The quantitative estimate of drug-likeness (QED) is 0.122. The van der Waals surface area contributed by atoms with Crippen molar-refractivity contribution in [2.75, 3.05) is 7.11 Å². The number of aryl methyl sites for hydroxylation is 2. The minimum atomic E-state index is -0.517. The lowest BCUT2D eigenvalue weighted by molar-refractivity contribution is 0.0472. The molecule has 5 aromatic carbocycles. The van der Waals surface area contributed by atoms with Crippen molar-refractivity contribution in [2.24, 2.45) is 0 Å². The molecule has 0 radical (unpaired) electrons. The van der Waals surface area contributed by atoms with Crippen molar-refractivity contribution in [2.45, 2.75) is 20.5 Å². The van der Waals surface area contributed by atoms with Gasteiger partial charge in [0.15, 0.2) is 0 Å². The Labute approximate surface area is 237 Å². The van der Waals surface area contributed by atoms with Crippen LogP contribution in [0.25, 0.3) is 32.6 Å². The van der Waals surface area contributed by atoms with Gasteiger partial charge in [-0.15, -0.1) is 0 Å². The van der Waals surface area contributed by atoms with E-state index in [2.05, 4.69) is 0 Å². The Hall–Kier alpha value is -5.23. The van der Waals surface area contributed by atoms with Crippen LogP contribution in [-0.2, 0) is 11.3 Å². The van der Waals surface area contributed by atoms with Crippen LogP contribution in [0.4, 0.5) is 0 Å². The molecule has 202 valence electrons. The van der Waals surface area contributed by atoms with Gasteiger partial charge < -0.3 is 14.2 Å². The molecule has 0 aliphatic rings. The van der Waals surface area contributed by atoms with E-state index in [4.69, 9.17) is 19.2 Å². The SMILES string of the molecule is COc1ccc2nc3cc4ccccc4cc3c(C(=O)Oc3c(C)cc(C(=O)OCc4ccccc4)cc3C)c2c1. The lowest BCUT2D eigenvalue weighted by Gasteiger charge is -2.15. The monoisotopic (exact) mass is 541 g/mol. The molecule has 0 bridgehead atoms. The molecular weight excluding hydrogens is 514 g/mol. The highest BCUT2D eigenvalue weighted by Gasteiger charge is 2.22. The lowest BCUT2D eigenvalue weighted by atomic mass is 9.99. The molecule has 1 heterocycles. The van der Waals surface area contributed by atoms with Crippen molar-refractivity contribution in [3.63, 3.8) is 0 Å². The number of hydrogen-bond acceptors (Lipinski definition) is 6. The Morgan fingerprint density at radius 3 is 2.07 bits per heavy atom. The standard InChI is InChI=1S/C35H27NO5/c1-21-15-26(34(37)40-20-23-9-5-4-6-10-23)16-22(2)33(21)41-35(38)32-28-17-24-11-7-8-12-25(24)18-31(28)36-30-14-13-27(39-3)19-29(30)32/h4-19H,20H2,1-3H3. The molecule has 0 aliphatic heterocycles. The molecule has 0 N–H and O–H groups in total. The largest absolute Gasteiger partial charge is 0.497 e. The first-order chi connectivity index (χ1) is 19.9. The molecule has 1 aromatic heterocycles. The number of nitrogens with zero attached hydrogens (tertiary/aromatic N) is 1. The summed E-state index contributed by atoms with van der Waals surface area (Å²) in [6, 6.07) is 30.2. The van der Waals surface area contributed by atoms with Crippen LogP contribution in [0.15, 0.2) is 97.1 Å². The first-order valence-electron chi connectivity index (χ1n) is 13.3. The number of benzene rings is 5. The maximum absolute atomic E-state index is 14.0. The highest BCUT2D eigenvalue weighted by atomic mass is 16.5. The van der Waals surface area contributed by atoms with Crippen LogP contribution in [0.5, 0.6) is 11.5 Å². The van der Waals surface area contributed by atoms with Gasteiger partial charge in [0, 0.05) is 10.8 Å². The minimum absolute atomic E-state index is 0.175. The van der Waals surface area contributed by atoms with E-state index < -0.39 is 11.9 Å². The Morgan fingerprint density at radius 1 is 0.707 bits per heavy atom. The normalized spacial score (nSPS) is 11.1. The second-order valence-electron chi connectivity index (χ2n) is 9.98. The molecule has 0 spiro atoms. The van der Waals surface area contributed by atoms with Crippen molar-refractivity contribution < 1.29 is 23.8 Å². The van der Waals surface area contributed by atoms with Gasteiger partial charge in [-0.25, -0.2) is 14.6 Å². The zero-order chi connectivity index (χ0) is 28.5. The number of methoxy groups -OCH3 is 1. The summed E-state index contributed by atoms with van der Waals surface area (Å²) in [7, 11) is 1.58. The Bertz CT molecular complexity index is 1940. The molecule has 0 fully saturated rings. The van der Waals surface area contributed by atoms with Gasteiger partial charge in [-0.3, -0.25) is 0 Å². The Balaban J connectivity index is 1.38. The van der Waals surface area contributed by atoms with Gasteiger partial charge in [0.05, 0.1) is 29.3 Å². The molecular formula is C35H27NO5. The summed E-state index contributed by atoms with van der Waals surface area (Å²) in [4.78, 5) is 31.6. The first-order valence-corrected chi connectivity index (χ1v) is 13.3. The number of carbonyl (C=O) groups is 2. The van der Waals surface area contributed by atoms with E-state index in [1.165, 1.54) is 0 Å². The van der Waals surface area contributed by atoms with E-state index >= 15 is 0 Å². The first kappa shape index (κ1) is 26.0. The number of fused-ring (bicyclic) bond motifs is 3. The maximum atomic E-state index is 14.0. The zero-order valence-electron chi connectivity index (χ0n) is 22.9. The van der Waals surface area contributed by atoms with Crippen LogP contribution in [-0.4, -0.2) is 24.0 Å². The number of rotatable bonds is 6. The molecule has 0 amide bonds. The summed E-state index contributed by atoms with van der Waals surface area (Å²) in [5.41, 5.74) is 4.35. The summed E-state index contributed by atoms with van der Waals surface area (Å²) in [5.74, 6) is 0.0511. The molecule has 0 aliphatic carbocycles. The third kappa shape index (κ3) is 5.08. The van der Waals surface area contributed by atoms with E-state index in [-0.39, 0.29) is 6.61 Å². The molecule has 6 heteroatoms. The molecule has 6 aromatic rings. The van der Waals surface area contributed by atoms with E-state index in [1.54, 1.807) is 25.3 Å². The number of aromatic nitrogens is 1. The number of pyridine rings is 1. The highest BCUT2D eigenvalue weighted by Crippen LogP contribution is 2.34. The van der Waals surface area contributed by atoms with Gasteiger partial charge >= 0.3 is 11.9 Å². The van der Waals surface area contributed by atoms with Gasteiger partial charge in [-0.1, -0.05) is 54.6 Å². The van der Waals surface area contributed by atoms with Crippen molar-refractivity contribution in [1.82, 2.24) is 4.98 Å². The Morgan fingerprint density at radius 2 is 1.37 bits per heavy atom. The molecule has 6 nitrogen and oxygen atoms in total. The highest BCUT2D eigenvalue weighted by molar-refractivity contribution is 6.17. The maximum Gasteiger partial charge on any atom is 0.344 e. The second kappa shape index (κ2) is 10.7. The van der Waals surface area contributed by atoms with Gasteiger partial charge in [0.1, 0.15) is 18.1 Å². The number of hydrogen-bond donors (Lipinski definition) is 0. The van der Waals surface area contributed by atoms with E-state index in [0.29, 0.717) is 55.6 Å². The third-order valence-electron chi connectivity index (χ3n) is 7.15. The molecule has 0 saturated carbocycles. The fourth-order valence-electron chi connectivity index (χ4n) is 5.13. The average molecular weight is 542 g/mol.